The average Bonchev–Trinajstić information content (AvgIpc) is 3.29. The number of piperidine rings is 1. The summed E-state index contributed by atoms with van der Waals surface area (Å²) in [7, 11) is 0. The van der Waals surface area contributed by atoms with Crippen LogP contribution in [0.3, 0.4) is 0 Å². The molecule has 0 aliphatic carbocycles. The summed E-state index contributed by atoms with van der Waals surface area (Å²) >= 11 is 0. The molecule has 0 spiro atoms. The highest BCUT2D eigenvalue weighted by molar-refractivity contribution is 6.00. The number of amides is 1. The number of hydrogen-bond donors (Lipinski definition) is 1. The van der Waals surface area contributed by atoms with E-state index in [0.29, 0.717) is 43.0 Å². The second-order valence-electron chi connectivity index (χ2n) is 7.56. The largest absolute Gasteiger partial charge is 0.458 e. The Bertz CT molecular complexity index is 1080. The first kappa shape index (κ1) is 21.8. The van der Waals surface area contributed by atoms with Gasteiger partial charge in [0.25, 0.3) is 5.91 Å². The van der Waals surface area contributed by atoms with Crippen LogP contribution in [0.4, 0.5) is 17.6 Å². The highest BCUT2D eigenvalue weighted by atomic mass is 19.4. The second kappa shape index (κ2) is 8.60. The van der Waals surface area contributed by atoms with Gasteiger partial charge in [-0.1, -0.05) is 0 Å². The van der Waals surface area contributed by atoms with E-state index in [0.717, 1.165) is 0 Å². The van der Waals surface area contributed by atoms with Gasteiger partial charge in [0, 0.05) is 36.4 Å². The summed E-state index contributed by atoms with van der Waals surface area (Å²) in [6.45, 7) is 2.22. The summed E-state index contributed by atoms with van der Waals surface area (Å²) in [5.74, 6) is -0.887. The van der Waals surface area contributed by atoms with Gasteiger partial charge in [0.2, 0.25) is 0 Å². The number of likely N-dealkylation sites (tertiary alicyclic amines) is 1. The van der Waals surface area contributed by atoms with Crippen molar-refractivity contribution in [2.75, 3.05) is 6.54 Å². The number of H-pyrrole nitrogens is 1. The number of aromatic nitrogens is 3. The number of carbonyl (C=O) groups is 1. The fourth-order valence-electron chi connectivity index (χ4n) is 3.79. The molecule has 32 heavy (non-hydrogen) atoms. The molecule has 3 aromatic rings. The predicted octanol–water partition coefficient (Wildman–Crippen LogP) is 4.70. The Morgan fingerprint density at radius 3 is 2.62 bits per heavy atom. The van der Waals surface area contributed by atoms with Crippen molar-refractivity contribution in [3.63, 3.8) is 0 Å². The number of benzene rings is 1. The molecule has 2 atom stereocenters. The molecule has 0 radical (unpaired) electrons. The number of nitrogens with zero attached hydrogens (tertiary/aromatic N) is 3. The standard InChI is InChI=1S/C22H20F4N4O2/c1-13-19(32-21-28-11-14(12-29-21)22(24,25)26)5-3-9-30(13)20(31)17-10-15(23)6-7-16(17)18-4-2-8-27-18/h2,4,6-8,10-13,19,27H,3,5,9H2,1H3/t13-,19+/m0/s1. The van der Waals surface area contributed by atoms with Crippen molar-refractivity contribution in [3.8, 4) is 17.3 Å². The third kappa shape index (κ3) is 4.44. The van der Waals surface area contributed by atoms with Crippen LogP contribution in [0.15, 0.2) is 48.9 Å². The van der Waals surface area contributed by atoms with Gasteiger partial charge in [-0.2, -0.15) is 13.2 Å². The number of alkyl halides is 3. The maximum Gasteiger partial charge on any atom is 0.419 e. The van der Waals surface area contributed by atoms with Crippen LogP contribution in [0.2, 0.25) is 0 Å². The number of halogens is 4. The smallest absolute Gasteiger partial charge is 0.419 e. The molecule has 6 nitrogen and oxygen atoms in total. The van der Waals surface area contributed by atoms with Crippen LogP contribution >= 0.6 is 0 Å². The molecule has 0 bridgehead atoms. The van der Waals surface area contributed by atoms with Crippen LogP contribution in [0.25, 0.3) is 11.3 Å². The molecule has 1 amide bonds. The van der Waals surface area contributed by atoms with Gasteiger partial charge in [0.05, 0.1) is 17.2 Å². The molecule has 4 rings (SSSR count). The molecular formula is C22H20F4N4O2. The Morgan fingerprint density at radius 1 is 1.22 bits per heavy atom. The topological polar surface area (TPSA) is 71.1 Å². The van der Waals surface area contributed by atoms with Gasteiger partial charge in [-0.15, -0.1) is 0 Å². The molecule has 2 aromatic heterocycles. The van der Waals surface area contributed by atoms with Crippen molar-refractivity contribution in [1.82, 2.24) is 19.9 Å². The second-order valence-corrected chi connectivity index (χ2v) is 7.56. The molecule has 1 aliphatic rings. The summed E-state index contributed by atoms with van der Waals surface area (Å²) in [6, 6.07) is 6.99. The van der Waals surface area contributed by atoms with Gasteiger partial charge in [0.1, 0.15) is 11.9 Å². The minimum absolute atomic E-state index is 0.193. The number of nitrogens with one attached hydrogen (secondary N) is 1. The number of rotatable bonds is 4. The Hall–Kier alpha value is -3.43. The van der Waals surface area contributed by atoms with Crippen molar-refractivity contribution >= 4 is 5.91 Å². The molecule has 0 unspecified atom stereocenters. The highest BCUT2D eigenvalue weighted by Crippen LogP contribution is 2.30. The normalized spacial score (nSPS) is 19.1. The summed E-state index contributed by atoms with van der Waals surface area (Å²) in [4.78, 5) is 25.3. The van der Waals surface area contributed by atoms with Crippen LogP contribution in [-0.4, -0.2) is 44.4 Å². The molecular weight excluding hydrogens is 428 g/mol. The molecule has 168 valence electrons. The lowest BCUT2D eigenvalue weighted by Gasteiger charge is -2.39. The SMILES string of the molecule is C[C@H]1[C@H](Oc2ncc(C(F)(F)F)cn2)CCCN1C(=O)c1cc(F)ccc1-c1ccc[nH]1. The molecule has 1 N–H and O–H groups in total. The maximum absolute atomic E-state index is 14.0. The van der Waals surface area contributed by atoms with Crippen molar-refractivity contribution in [1.29, 1.82) is 0 Å². The first-order valence-corrected chi connectivity index (χ1v) is 10.0. The van der Waals surface area contributed by atoms with Gasteiger partial charge in [0.15, 0.2) is 0 Å². The molecule has 1 aliphatic heterocycles. The lowest BCUT2D eigenvalue weighted by atomic mass is 9.97. The van der Waals surface area contributed by atoms with E-state index in [2.05, 4.69) is 15.0 Å². The predicted molar refractivity (Wildman–Crippen MR) is 107 cm³/mol. The zero-order chi connectivity index (χ0) is 22.9. The quantitative estimate of drug-likeness (QED) is 0.588. The van der Waals surface area contributed by atoms with E-state index in [1.807, 2.05) is 0 Å². The third-order valence-corrected chi connectivity index (χ3v) is 5.49. The van der Waals surface area contributed by atoms with Gasteiger partial charge in [-0.05, 0) is 50.1 Å². The third-order valence-electron chi connectivity index (χ3n) is 5.49. The van der Waals surface area contributed by atoms with Crippen LogP contribution in [0.1, 0.15) is 35.7 Å². The highest BCUT2D eigenvalue weighted by Gasteiger charge is 2.35. The maximum atomic E-state index is 14.0. The molecule has 1 aromatic carbocycles. The molecule has 1 saturated heterocycles. The van der Waals surface area contributed by atoms with Crippen LogP contribution in [0.5, 0.6) is 6.01 Å². The number of ether oxygens (including phenoxy) is 1. The van der Waals surface area contributed by atoms with Gasteiger partial charge in [-0.3, -0.25) is 4.79 Å². The summed E-state index contributed by atoms with van der Waals surface area (Å²) in [5, 5.41) is 0. The van der Waals surface area contributed by atoms with E-state index >= 15 is 0 Å². The zero-order valence-corrected chi connectivity index (χ0v) is 17.1. The summed E-state index contributed by atoms with van der Waals surface area (Å²) < 4.78 is 57.8. The van der Waals surface area contributed by atoms with E-state index in [9.17, 15) is 22.4 Å². The van der Waals surface area contributed by atoms with E-state index in [1.54, 1.807) is 36.2 Å². The lowest BCUT2D eigenvalue weighted by molar-refractivity contribution is -0.138. The van der Waals surface area contributed by atoms with E-state index in [-0.39, 0.29) is 17.5 Å². The fraction of sp³-hybridized carbons (Fsp3) is 0.318. The molecule has 0 saturated carbocycles. The first-order chi connectivity index (χ1) is 15.2. The lowest BCUT2D eigenvalue weighted by Crippen LogP contribution is -2.51. The Labute approximate surface area is 181 Å². The minimum atomic E-state index is -4.54. The minimum Gasteiger partial charge on any atom is -0.458 e. The van der Waals surface area contributed by atoms with E-state index < -0.39 is 29.7 Å². The van der Waals surface area contributed by atoms with Gasteiger partial charge >= 0.3 is 12.2 Å². The fourth-order valence-corrected chi connectivity index (χ4v) is 3.79. The van der Waals surface area contributed by atoms with Crippen molar-refractivity contribution in [2.24, 2.45) is 0 Å². The monoisotopic (exact) mass is 448 g/mol. The van der Waals surface area contributed by atoms with Crippen molar-refractivity contribution < 1.29 is 27.1 Å². The number of hydrogen-bond acceptors (Lipinski definition) is 4. The summed E-state index contributed by atoms with van der Waals surface area (Å²) in [5.41, 5.74) is 0.499. The van der Waals surface area contributed by atoms with E-state index in [4.69, 9.17) is 4.74 Å². The summed E-state index contributed by atoms with van der Waals surface area (Å²) in [6.07, 6.45) is -0.850. The Balaban J connectivity index is 1.54. The molecule has 10 heteroatoms. The van der Waals surface area contributed by atoms with Crippen LogP contribution < -0.4 is 4.74 Å². The van der Waals surface area contributed by atoms with Gasteiger partial charge in [-0.25, -0.2) is 14.4 Å². The van der Waals surface area contributed by atoms with Gasteiger partial charge < -0.3 is 14.6 Å². The number of carbonyl (C=O) groups excluding carboxylic acids is 1. The zero-order valence-electron chi connectivity index (χ0n) is 17.1. The van der Waals surface area contributed by atoms with Crippen molar-refractivity contribution in [3.05, 3.63) is 65.9 Å². The van der Waals surface area contributed by atoms with Crippen molar-refractivity contribution in [2.45, 2.75) is 38.1 Å². The average molecular weight is 448 g/mol. The van der Waals surface area contributed by atoms with E-state index in [1.165, 1.54) is 12.1 Å². The Morgan fingerprint density at radius 2 is 1.97 bits per heavy atom. The first-order valence-electron chi connectivity index (χ1n) is 10.0. The number of aromatic amines is 1. The Kier molecular flexibility index (Phi) is 5.86. The van der Waals surface area contributed by atoms with Crippen LogP contribution in [0, 0.1) is 5.82 Å². The molecule has 3 heterocycles. The van der Waals surface area contributed by atoms with Crippen LogP contribution in [-0.2, 0) is 6.18 Å². The molecule has 1 fully saturated rings.